The molecular weight excluding hydrogens is 241 g/mol. The van der Waals surface area contributed by atoms with Gasteiger partial charge in [0.05, 0.1) is 0 Å². The Morgan fingerprint density at radius 3 is 1.00 bits per heavy atom. The molecule has 0 fully saturated rings. The van der Waals surface area contributed by atoms with Crippen LogP contribution in [-0.4, -0.2) is 10.4 Å². The van der Waals surface area contributed by atoms with Gasteiger partial charge in [-0.05, 0) is 0 Å². The third-order valence-corrected chi connectivity index (χ3v) is 0. The average molecular weight is 258 g/mol. The minimum atomic E-state index is -0.833. The molecule has 0 aromatic carbocycles. The van der Waals surface area contributed by atoms with Crippen molar-refractivity contribution in [1.29, 1.82) is 0 Å². The van der Waals surface area contributed by atoms with E-state index in [1.54, 1.807) is 0 Å². The molecule has 0 saturated carbocycles. The van der Waals surface area contributed by atoms with Gasteiger partial charge in [0.15, 0.2) is 0 Å². The van der Waals surface area contributed by atoms with Gasteiger partial charge in [0.2, 0.25) is 0 Å². The molecule has 0 amide bonds. The van der Waals surface area contributed by atoms with E-state index < -0.39 is 8.69 Å². The van der Waals surface area contributed by atoms with Crippen LogP contribution >= 0.6 is 26.5 Å². The largest absolute Gasteiger partial charge is 0.412 e. The van der Waals surface area contributed by atoms with E-state index in [0.717, 1.165) is 0 Å². The van der Waals surface area contributed by atoms with Crippen molar-refractivity contribution in [2.45, 2.75) is 21.3 Å². The zero-order chi connectivity index (χ0) is 10.7. The lowest BCUT2D eigenvalue weighted by Crippen LogP contribution is -1.03. The van der Waals surface area contributed by atoms with Gasteiger partial charge in [-0.2, -0.15) is 0 Å². The molecule has 13 heavy (non-hydrogen) atoms. The van der Waals surface area contributed by atoms with E-state index in [0.29, 0.717) is 0 Å². The van der Waals surface area contributed by atoms with Crippen molar-refractivity contribution in [3.63, 3.8) is 0 Å². The lowest BCUT2D eigenvalue weighted by molar-refractivity contribution is 0.524. The maximum Gasteiger partial charge on any atom is 0.324 e. The highest BCUT2D eigenvalue weighted by atomic mass is 32.0. The second-order valence-corrected chi connectivity index (χ2v) is 0.245. The maximum atomic E-state index is 8.46. The Kier molecular flexibility index (Phi) is 5050. The van der Waals surface area contributed by atoms with E-state index in [4.69, 9.17) is 29.3 Å². The molecule has 7 nitrogen and oxygen atoms in total. The monoisotopic (exact) mass is 258 g/mol. The van der Waals surface area contributed by atoms with Gasteiger partial charge in [-0.25, -0.2) is 4.57 Å². The van der Waals surface area contributed by atoms with Gasteiger partial charge >= 0.3 is 8.69 Å². The molecule has 0 saturated heterocycles. The van der Waals surface area contributed by atoms with E-state index in [2.05, 4.69) is 17.9 Å². The Labute approximate surface area is 83.4 Å². The van der Waals surface area contributed by atoms with Crippen molar-refractivity contribution in [1.82, 2.24) is 0 Å². The normalized spacial score (nSPS) is 3.15. The van der Waals surface area contributed by atoms with E-state index in [1.807, 2.05) is 13.8 Å². The van der Waals surface area contributed by atoms with Gasteiger partial charge in [-0.3, -0.25) is 0 Å². The molecule has 0 radical (unpaired) electrons. The number of rotatable bonds is 0. The Hall–Kier alpha value is 0.0800. The first kappa shape index (κ1) is 51.6. The lowest BCUT2D eigenvalue weighted by Gasteiger charge is -1.24. The smallest absolute Gasteiger partial charge is 0.324 e. The summed E-state index contributed by atoms with van der Waals surface area (Å²) in [4.78, 5) is 35.0. The molecule has 2 atom stereocenters. The van der Waals surface area contributed by atoms with E-state index >= 15 is 0 Å². The first-order chi connectivity index (χ1) is 5.41. The van der Waals surface area contributed by atoms with Crippen molar-refractivity contribution in [3.05, 3.63) is 19.9 Å². The molecule has 0 aromatic rings. The van der Waals surface area contributed by atoms with Crippen molar-refractivity contribution >= 4 is 26.5 Å². The molecule has 86 valence electrons. The van der Waals surface area contributed by atoms with Crippen molar-refractivity contribution in [3.8, 4) is 0 Å². The molecule has 2 unspecified atom stereocenters. The average Bonchev–Trinajstić information content (AvgIpc) is 2.18. The summed E-state index contributed by atoms with van der Waals surface area (Å²) in [6.07, 6.45) is 0. The third-order valence-electron chi connectivity index (χ3n) is 0. The Morgan fingerprint density at radius 1 is 1.00 bits per heavy atom. The highest BCUT2D eigenvalue weighted by molar-refractivity contribution is 7.92. The highest BCUT2D eigenvalue weighted by Gasteiger charge is 1.28. The van der Waals surface area contributed by atoms with Crippen LogP contribution in [0.1, 0.15) is 21.3 Å². The van der Waals surface area contributed by atoms with Gasteiger partial charge in [0.1, 0.15) is 0 Å². The molecule has 0 bridgehead atoms. The molecular formula is C3H17O7P3. The fourth-order valence-corrected chi connectivity index (χ4v) is 0. The van der Waals surface area contributed by atoms with Gasteiger partial charge < -0.3 is 10.4 Å². The standard InChI is InChI=1S/C2H6.CH4.HO2P.2O2.H2O.H4P2/c1-2;;1-3-2;2*1-2;;1-2/h1-2H3;1H4;(H,1,2);;;1H2;1-2H2. The van der Waals surface area contributed by atoms with Crippen molar-refractivity contribution < 1.29 is 14.9 Å². The summed E-state index contributed by atoms with van der Waals surface area (Å²) in [6.45, 7) is 4.00. The summed E-state index contributed by atoms with van der Waals surface area (Å²) < 4.78 is 8.46. The van der Waals surface area contributed by atoms with Crippen molar-refractivity contribution in [2.24, 2.45) is 0 Å². The summed E-state index contributed by atoms with van der Waals surface area (Å²) in [5.41, 5.74) is 0. The van der Waals surface area contributed by atoms with Crippen LogP contribution in [0.3, 0.4) is 0 Å². The second-order valence-electron chi connectivity index (χ2n) is 0.0816. The summed E-state index contributed by atoms with van der Waals surface area (Å²) >= 11 is 0. The molecule has 0 heterocycles. The predicted octanol–water partition coefficient (Wildman–Crippen LogP) is 1.81. The molecule has 0 aromatic heterocycles. The van der Waals surface area contributed by atoms with E-state index in [-0.39, 0.29) is 12.9 Å². The Bertz CT molecular complexity index is 38.2. The fraction of sp³-hybridized carbons (Fsp3) is 1.00. The number of hydrogen-bond acceptors (Lipinski definition) is 5. The van der Waals surface area contributed by atoms with E-state index in [9.17, 15) is 0 Å². The predicted molar refractivity (Wildman–Crippen MR) is 64.4 cm³/mol. The van der Waals surface area contributed by atoms with Crippen LogP contribution in [0.4, 0.5) is 0 Å². The molecule has 10 heteroatoms. The van der Waals surface area contributed by atoms with Gasteiger partial charge in [-0.1, -0.05) is 21.3 Å². The quantitative estimate of drug-likeness (QED) is 0.657. The molecule has 0 rings (SSSR count). The summed E-state index contributed by atoms with van der Waals surface area (Å²) in [5, 5.41) is 0. The van der Waals surface area contributed by atoms with Gasteiger partial charge in [0, 0.05) is 19.9 Å². The third kappa shape index (κ3) is 192000. The molecule has 3 N–H and O–H groups in total. The zero-order valence-corrected chi connectivity index (χ0v) is 9.79. The van der Waals surface area contributed by atoms with Gasteiger partial charge in [-0.15, -0.1) is 17.9 Å². The van der Waals surface area contributed by atoms with Crippen LogP contribution in [0.2, 0.25) is 0 Å². The Balaban J connectivity index is -0.00000000676. The minimum absolute atomic E-state index is 0. The van der Waals surface area contributed by atoms with E-state index in [1.165, 1.54) is 0 Å². The van der Waals surface area contributed by atoms with Crippen LogP contribution in [0.25, 0.3) is 0 Å². The first-order valence-corrected chi connectivity index (χ1v) is 5.48. The molecule has 0 aliphatic rings. The fourth-order valence-electron chi connectivity index (χ4n) is 0. The maximum absolute atomic E-state index is 8.46. The molecule has 0 aliphatic carbocycles. The van der Waals surface area contributed by atoms with Gasteiger partial charge in [0.25, 0.3) is 0 Å². The zero-order valence-electron chi connectivity index (χ0n) is 6.59. The molecule has 0 aliphatic heterocycles. The lowest BCUT2D eigenvalue weighted by atomic mass is 11.0. The van der Waals surface area contributed by atoms with Crippen LogP contribution in [0.5, 0.6) is 0 Å². The minimum Gasteiger partial charge on any atom is -0.412 e. The topological polar surface area (TPSA) is 137 Å². The Morgan fingerprint density at radius 2 is 1.00 bits per heavy atom. The summed E-state index contributed by atoms with van der Waals surface area (Å²) in [6, 6.07) is 0. The first-order valence-electron chi connectivity index (χ1n) is 2.05. The van der Waals surface area contributed by atoms with Crippen LogP contribution < -0.4 is 0 Å². The van der Waals surface area contributed by atoms with Crippen molar-refractivity contribution in [2.75, 3.05) is 0 Å². The van der Waals surface area contributed by atoms with Crippen LogP contribution in [-0.2, 0) is 4.57 Å². The summed E-state index contributed by atoms with van der Waals surface area (Å²) in [7, 11) is 3.83. The second kappa shape index (κ2) is 1270. The van der Waals surface area contributed by atoms with Crippen LogP contribution in [0.15, 0.2) is 0 Å². The van der Waals surface area contributed by atoms with Crippen LogP contribution in [0, 0.1) is 19.9 Å². The molecule has 0 spiro atoms. The SMILES string of the molecule is C.CC.O.O=O.O=O.O=PO.PP. The highest BCUT2D eigenvalue weighted by Crippen LogP contribution is 1.86. The summed E-state index contributed by atoms with van der Waals surface area (Å²) in [5.74, 6) is 0. The number of hydrogen-bond donors (Lipinski definition) is 1.